The van der Waals surface area contributed by atoms with Crippen LogP contribution in [0.25, 0.3) is 0 Å². The summed E-state index contributed by atoms with van der Waals surface area (Å²) in [4.78, 5) is 14.7. The fourth-order valence-corrected chi connectivity index (χ4v) is 2.93. The summed E-state index contributed by atoms with van der Waals surface area (Å²) >= 11 is 5.00. The highest BCUT2D eigenvalue weighted by Gasteiger charge is 2.17. The molecule has 0 aliphatic carbocycles. The van der Waals surface area contributed by atoms with Gasteiger partial charge in [-0.25, -0.2) is 0 Å². The molecule has 0 unspecified atom stereocenters. The molecule has 0 fully saturated rings. The normalized spacial score (nSPS) is 10.5. The predicted molar refractivity (Wildman–Crippen MR) is 69.1 cm³/mol. The van der Waals surface area contributed by atoms with Gasteiger partial charge in [0.2, 0.25) is 5.76 Å². The maximum Gasteiger partial charge on any atom is 0.292 e. The van der Waals surface area contributed by atoms with Crippen molar-refractivity contribution >= 4 is 33.2 Å². The monoisotopic (exact) mass is 314 g/mol. The first-order valence-corrected chi connectivity index (χ1v) is 6.60. The SMILES string of the molecule is Cc1cc(C(=O)N(C)Cc2ccc(Br)s2)on1. The number of carbonyl (C=O) groups excluding carboxylic acids is 1. The van der Waals surface area contributed by atoms with Gasteiger partial charge >= 0.3 is 0 Å². The molecule has 0 saturated heterocycles. The van der Waals surface area contributed by atoms with E-state index in [1.54, 1.807) is 36.3 Å². The summed E-state index contributed by atoms with van der Waals surface area (Å²) in [5, 5.41) is 3.70. The lowest BCUT2D eigenvalue weighted by molar-refractivity contribution is 0.0745. The summed E-state index contributed by atoms with van der Waals surface area (Å²) in [6.45, 7) is 2.35. The summed E-state index contributed by atoms with van der Waals surface area (Å²) in [6, 6.07) is 5.60. The Morgan fingerprint density at radius 2 is 2.35 bits per heavy atom. The number of carbonyl (C=O) groups is 1. The zero-order valence-corrected chi connectivity index (χ0v) is 11.8. The molecular weight excluding hydrogens is 304 g/mol. The van der Waals surface area contributed by atoms with Crippen LogP contribution in [0.15, 0.2) is 26.5 Å². The maximum atomic E-state index is 12.0. The molecule has 2 aromatic rings. The van der Waals surface area contributed by atoms with E-state index in [0.717, 1.165) is 8.66 Å². The number of hydrogen-bond donors (Lipinski definition) is 0. The molecule has 0 aliphatic heterocycles. The molecule has 0 radical (unpaired) electrons. The lowest BCUT2D eigenvalue weighted by atomic mass is 10.3. The van der Waals surface area contributed by atoms with Gasteiger partial charge in [0.15, 0.2) is 0 Å². The summed E-state index contributed by atoms with van der Waals surface area (Å²) in [5.74, 6) is 0.121. The van der Waals surface area contributed by atoms with E-state index in [2.05, 4.69) is 21.1 Å². The van der Waals surface area contributed by atoms with Crippen molar-refractivity contribution in [2.45, 2.75) is 13.5 Å². The number of aryl methyl sites for hydroxylation is 1. The third-order valence-electron chi connectivity index (χ3n) is 2.21. The first kappa shape index (κ1) is 12.3. The minimum Gasteiger partial charge on any atom is -0.351 e. The summed E-state index contributed by atoms with van der Waals surface area (Å²) in [5.41, 5.74) is 0.709. The molecule has 0 atom stereocenters. The molecule has 2 aromatic heterocycles. The van der Waals surface area contributed by atoms with Gasteiger partial charge in [0, 0.05) is 18.0 Å². The molecule has 4 nitrogen and oxygen atoms in total. The van der Waals surface area contributed by atoms with Crippen LogP contribution in [0.5, 0.6) is 0 Å². The Labute approximate surface area is 111 Å². The van der Waals surface area contributed by atoms with Crippen LogP contribution in [0.2, 0.25) is 0 Å². The smallest absolute Gasteiger partial charge is 0.292 e. The molecule has 0 aliphatic rings. The van der Waals surface area contributed by atoms with Gasteiger partial charge in [-0.3, -0.25) is 4.79 Å². The van der Waals surface area contributed by atoms with E-state index in [1.165, 1.54) is 0 Å². The Balaban J connectivity index is 2.05. The van der Waals surface area contributed by atoms with E-state index >= 15 is 0 Å². The first-order chi connectivity index (χ1) is 8.06. The highest BCUT2D eigenvalue weighted by molar-refractivity contribution is 9.11. The molecular formula is C11H11BrN2O2S. The number of nitrogens with zero attached hydrogens (tertiary/aromatic N) is 2. The van der Waals surface area contributed by atoms with E-state index in [1.807, 2.05) is 12.1 Å². The summed E-state index contributed by atoms with van der Waals surface area (Å²) in [7, 11) is 1.74. The van der Waals surface area contributed by atoms with Gasteiger partial charge in [-0.2, -0.15) is 0 Å². The van der Waals surface area contributed by atoms with Gasteiger partial charge in [-0.05, 0) is 35.0 Å². The van der Waals surface area contributed by atoms with Crippen molar-refractivity contribution in [3.63, 3.8) is 0 Å². The zero-order valence-electron chi connectivity index (χ0n) is 9.44. The van der Waals surface area contributed by atoms with E-state index < -0.39 is 0 Å². The zero-order chi connectivity index (χ0) is 12.4. The van der Waals surface area contributed by atoms with Crippen LogP contribution in [-0.4, -0.2) is 23.0 Å². The summed E-state index contributed by atoms with van der Waals surface area (Å²) in [6.07, 6.45) is 0. The standard InChI is InChI=1S/C11H11BrN2O2S/c1-7-5-9(16-13-7)11(15)14(2)6-8-3-4-10(12)17-8/h3-5H,6H2,1-2H3. The first-order valence-electron chi connectivity index (χ1n) is 4.99. The maximum absolute atomic E-state index is 12.0. The van der Waals surface area contributed by atoms with Crippen LogP contribution >= 0.6 is 27.3 Å². The van der Waals surface area contributed by atoms with Crippen molar-refractivity contribution in [1.82, 2.24) is 10.1 Å². The Morgan fingerprint density at radius 1 is 1.59 bits per heavy atom. The van der Waals surface area contributed by atoms with Gasteiger partial charge in [0.25, 0.3) is 5.91 Å². The van der Waals surface area contributed by atoms with Gasteiger partial charge < -0.3 is 9.42 Å². The number of hydrogen-bond acceptors (Lipinski definition) is 4. The predicted octanol–water partition coefficient (Wildman–Crippen LogP) is 3.08. The Bertz CT molecular complexity index is 535. The number of aromatic nitrogens is 1. The van der Waals surface area contributed by atoms with Crippen molar-refractivity contribution in [2.24, 2.45) is 0 Å². The molecule has 0 bridgehead atoms. The molecule has 6 heteroatoms. The van der Waals surface area contributed by atoms with Crippen molar-refractivity contribution in [1.29, 1.82) is 0 Å². The highest BCUT2D eigenvalue weighted by atomic mass is 79.9. The Hall–Kier alpha value is -1.14. The molecule has 90 valence electrons. The van der Waals surface area contributed by atoms with Crippen LogP contribution < -0.4 is 0 Å². The second-order valence-corrected chi connectivity index (χ2v) is 6.25. The van der Waals surface area contributed by atoms with Gasteiger partial charge in [-0.15, -0.1) is 11.3 Å². The Kier molecular flexibility index (Phi) is 3.63. The number of amides is 1. The average molecular weight is 315 g/mol. The van der Waals surface area contributed by atoms with Crippen LogP contribution in [0, 0.1) is 6.92 Å². The molecule has 0 aromatic carbocycles. The van der Waals surface area contributed by atoms with Crippen LogP contribution in [0.1, 0.15) is 21.1 Å². The number of halogens is 1. The molecule has 0 saturated carbocycles. The van der Waals surface area contributed by atoms with E-state index in [9.17, 15) is 4.79 Å². The van der Waals surface area contributed by atoms with E-state index in [-0.39, 0.29) is 11.7 Å². The Morgan fingerprint density at radius 3 is 2.88 bits per heavy atom. The van der Waals surface area contributed by atoms with Gasteiger partial charge in [-0.1, -0.05) is 5.16 Å². The van der Waals surface area contributed by atoms with Crippen molar-refractivity contribution in [3.05, 3.63) is 38.3 Å². The fraction of sp³-hybridized carbons (Fsp3) is 0.273. The van der Waals surface area contributed by atoms with E-state index in [0.29, 0.717) is 12.2 Å². The minimum absolute atomic E-state index is 0.157. The molecule has 0 spiro atoms. The highest BCUT2D eigenvalue weighted by Crippen LogP contribution is 2.23. The fourth-order valence-electron chi connectivity index (χ4n) is 1.39. The lowest BCUT2D eigenvalue weighted by Crippen LogP contribution is -2.25. The lowest BCUT2D eigenvalue weighted by Gasteiger charge is -2.13. The molecule has 1 amide bonds. The topological polar surface area (TPSA) is 46.3 Å². The van der Waals surface area contributed by atoms with Crippen LogP contribution in [-0.2, 0) is 6.54 Å². The number of thiophene rings is 1. The van der Waals surface area contributed by atoms with Crippen molar-refractivity contribution < 1.29 is 9.32 Å². The average Bonchev–Trinajstić information content (AvgIpc) is 2.87. The quantitative estimate of drug-likeness (QED) is 0.874. The molecule has 17 heavy (non-hydrogen) atoms. The van der Waals surface area contributed by atoms with Gasteiger partial charge in [0.1, 0.15) is 0 Å². The molecule has 2 rings (SSSR count). The number of rotatable bonds is 3. The van der Waals surface area contributed by atoms with Crippen molar-refractivity contribution in [2.75, 3.05) is 7.05 Å². The van der Waals surface area contributed by atoms with Crippen molar-refractivity contribution in [3.8, 4) is 0 Å². The second kappa shape index (κ2) is 5.01. The second-order valence-electron chi connectivity index (χ2n) is 3.70. The van der Waals surface area contributed by atoms with E-state index in [4.69, 9.17) is 4.52 Å². The minimum atomic E-state index is -0.157. The third-order valence-corrected chi connectivity index (χ3v) is 3.82. The molecule has 2 heterocycles. The summed E-state index contributed by atoms with van der Waals surface area (Å²) < 4.78 is 6.00. The third kappa shape index (κ3) is 2.95. The molecule has 0 N–H and O–H groups in total. The largest absolute Gasteiger partial charge is 0.351 e. The van der Waals surface area contributed by atoms with Gasteiger partial charge in [0.05, 0.1) is 16.0 Å². The van der Waals surface area contributed by atoms with Crippen LogP contribution in [0.4, 0.5) is 0 Å². The van der Waals surface area contributed by atoms with Crippen LogP contribution in [0.3, 0.4) is 0 Å².